The first-order valence-electron chi connectivity index (χ1n) is 10.5. The Bertz CT molecular complexity index is 1100. The summed E-state index contributed by atoms with van der Waals surface area (Å²) in [6.45, 7) is 3.29. The molecule has 32 heavy (non-hydrogen) atoms. The molecule has 0 bridgehead atoms. The quantitative estimate of drug-likeness (QED) is 0.586. The Morgan fingerprint density at radius 2 is 1.94 bits per heavy atom. The van der Waals surface area contributed by atoms with Crippen LogP contribution in [0.3, 0.4) is 0 Å². The van der Waals surface area contributed by atoms with Crippen molar-refractivity contribution >= 4 is 17.5 Å². The number of para-hydroxylation sites is 1. The van der Waals surface area contributed by atoms with Crippen LogP contribution in [0.2, 0.25) is 0 Å². The van der Waals surface area contributed by atoms with E-state index in [0.29, 0.717) is 35.7 Å². The predicted molar refractivity (Wildman–Crippen MR) is 121 cm³/mol. The molecule has 1 aliphatic rings. The minimum absolute atomic E-state index is 0.00447. The van der Waals surface area contributed by atoms with E-state index < -0.39 is 0 Å². The molecule has 2 heterocycles. The van der Waals surface area contributed by atoms with E-state index >= 15 is 0 Å². The Morgan fingerprint density at radius 3 is 2.62 bits per heavy atom. The van der Waals surface area contributed by atoms with Gasteiger partial charge in [-0.05, 0) is 42.3 Å². The number of nitrogen functional groups attached to an aromatic ring is 1. The molecule has 0 spiro atoms. The Morgan fingerprint density at radius 1 is 1.19 bits per heavy atom. The number of carbonyl (C=O) groups excluding carboxylic acids is 1. The molecule has 0 saturated carbocycles. The third-order valence-corrected chi connectivity index (χ3v) is 5.65. The van der Waals surface area contributed by atoms with Crippen LogP contribution in [0.5, 0.6) is 5.75 Å². The maximum atomic E-state index is 11.7. The molecule has 1 fully saturated rings. The third-order valence-electron chi connectivity index (χ3n) is 5.65. The number of hydrogen-bond donors (Lipinski definition) is 2. The fourth-order valence-corrected chi connectivity index (χ4v) is 3.86. The van der Waals surface area contributed by atoms with Gasteiger partial charge in [-0.15, -0.1) is 10.2 Å². The van der Waals surface area contributed by atoms with Crippen LogP contribution in [0.4, 0.5) is 11.5 Å². The maximum absolute atomic E-state index is 11.7. The van der Waals surface area contributed by atoms with E-state index in [1.54, 1.807) is 30.3 Å². The lowest BCUT2D eigenvalue weighted by atomic mass is 10.0. The molecule has 4 rings (SSSR count). The fourth-order valence-electron chi connectivity index (χ4n) is 3.86. The third kappa shape index (κ3) is 4.36. The summed E-state index contributed by atoms with van der Waals surface area (Å²) in [6, 6.07) is 16.1. The van der Waals surface area contributed by atoms with E-state index in [1.807, 2.05) is 24.3 Å². The molecule has 0 unspecified atom stereocenters. The van der Waals surface area contributed by atoms with E-state index in [4.69, 9.17) is 15.2 Å². The summed E-state index contributed by atoms with van der Waals surface area (Å²) in [6.07, 6.45) is 0.620. The Labute approximate surface area is 186 Å². The summed E-state index contributed by atoms with van der Waals surface area (Å²) < 4.78 is 11.1. The van der Waals surface area contributed by atoms with Gasteiger partial charge in [0.1, 0.15) is 11.9 Å². The molecule has 8 nitrogen and oxygen atoms in total. The van der Waals surface area contributed by atoms with Crippen molar-refractivity contribution in [3.05, 3.63) is 65.7 Å². The average molecular weight is 434 g/mol. The van der Waals surface area contributed by atoms with Crippen molar-refractivity contribution < 1.29 is 19.4 Å². The molecule has 1 aromatic heterocycles. The zero-order valence-electron chi connectivity index (χ0n) is 18.1. The van der Waals surface area contributed by atoms with Crippen LogP contribution in [0.25, 0.3) is 11.3 Å². The molecule has 3 N–H and O–H groups in total. The standard InChI is InChI=1S/C24H26N4O4/c1-3-17-13-28(14-22(32-17)15-8-10-16(11-9-15)24(30)31-2)20-12-19(26-27-23(20)25)18-6-4-5-7-21(18)29/h4-12,17,22,29H,3,13-14H2,1-2H3,(H2,25,27)/t17-,22-/m0/s1. The molecule has 8 heteroatoms. The van der Waals surface area contributed by atoms with E-state index in [1.165, 1.54) is 7.11 Å². The van der Waals surface area contributed by atoms with Gasteiger partial charge >= 0.3 is 5.97 Å². The van der Waals surface area contributed by atoms with Crippen molar-refractivity contribution in [1.82, 2.24) is 10.2 Å². The van der Waals surface area contributed by atoms with Crippen LogP contribution in [0, 0.1) is 0 Å². The number of ether oxygens (including phenoxy) is 2. The Balaban J connectivity index is 1.64. The zero-order valence-corrected chi connectivity index (χ0v) is 18.1. The van der Waals surface area contributed by atoms with Crippen molar-refractivity contribution in [3.63, 3.8) is 0 Å². The summed E-state index contributed by atoms with van der Waals surface area (Å²) in [5.74, 6) is 0.0803. The highest BCUT2D eigenvalue weighted by molar-refractivity contribution is 5.89. The number of morpholine rings is 1. The lowest BCUT2D eigenvalue weighted by Gasteiger charge is -2.39. The predicted octanol–water partition coefficient (Wildman–Crippen LogP) is 3.57. The topological polar surface area (TPSA) is 111 Å². The Kier molecular flexibility index (Phi) is 6.23. The molecule has 2 aromatic carbocycles. The average Bonchev–Trinajstić information content (AvgIpc) is 2.84. The fraction of sp³-hybridized carbons (Fsp3) is 0.292. The van der Waals surface area contributed by atoms with E-state index in [-0.39, 0.29) is 23.9 Å². The van der Waals surface area contributed by atoms with Crippen molar-refractivity contribution in [1.29, 1.82) is 0 Å². The summed E-state index contributed by atoms with van der Waals surface area (Å²) in [4.78, 5) is 13.9. The summed E-state index contributed by atoms with van der Waals surface area (Å²) in [5.41, 5.74) is 9.55. The first-order chi connectivity index (χ1) is 15.5. The summed E-state index contributed by atoms with van der Waals surface area (Å²) in [5, 5.41) is 18.5. The largest absolute Gasteiger partial charge is 0.507 e. The van der Waals surface area contributed by atoms with Crippen LogP contribution in [-0.2, 0) is 9.47 Å². The van der Waals surface area contributed by atoms with Crippen LogP contribution >= 0.6 is 0 Å². The van der Waals surface area contributed by atoms with Crippen LogP contribution in [-0.4, -0.2) is 47.6 Å². The molecular formula is C24H26N4O4. The van der Waals surface area contributed by atoms with Crippen LogP contribution in [0.15, 0.2) is 54.6 Å². The van der Waals surface area contributed by atoms with Crippen molar-refractivity contribution in [2.24, 2.45) is 0 Å². The highest BCUT2D eigenvalue weighted by atomic mass is 16.5. The first-order valence-corrected chi connectivity index (χ1v) is 10.5. The van der Waals surface area contributed by atoms with E-state index in [0.717, 1.165) is 17.7 Å². The number of nitrogens with two attached hydrogens (primary N) is 1. The van der Waals surface area contributed by atoms with Crippen molar-refractivity contribution in [2.45, 2.75) is 25.6 Å². The number of anilines is 2. The highest BCUT2D eigenvalue weighted by Gasteiger charge is 2.30. The van der Waals surface area contributed by atoms with E-state index in [9.17, 15) is 9.90 Å². The van der Waals surface area contributed by atoms with Gasteiger partial charge in [-0.2, -0.15) is 0 Å². The van der Waals surface area contributed by atoms with Gasteiger partial charge in [0, 0.05) is 18.7 Å². The number of carbonyl (C=O) groups is 1. The number of aromatic nitrogens is 2. The minimum atomic E-state index is -0.374. The lowest BCUT2D eigenvalue weighted by Crippen LogP contribution is -2.44. The van der Waals surface area contributed by atoms with Gasteiger partial charge in [-0.1, -0.05) is 31.2 Å². The number of aromatic hydroxyl groups is 1. The second-order valence-corrected chi connectivity index (χ2v) is 7.69. The molecule has 3 aromatic rings. The number of esters is 1. The molecule has 166 valence electrons. The van der Waals surface area contributed by atoms with Crippen molar-refractivity contribution in [2.75, 3.05) is 30.8 Å². The van der Waals surface area contributed by atoms with Crippen LogP contribution in [0.1, 0.15) is 35.4 Å². The van der Waals surface area contributed by atoms with Gasteiger partial charge < -0.3 is 25.2 Å². The van der Waals surface area contributed by atoms with Gasteiger partial charge in [-0.3, -0.25) is 0 Å². The number of benzene rings is 2. The smallest absolute Gasteiger partial charge is 0.337 e. The first kappa shape index (κ1) is 21.6. The minimum Gasteiger partial charge on any atom is -0.507 e. The SMILES string of the molecule is CC[C@H]1CN(c2cc(-c3ccccc3O)nnc2N)C[C@@H](c2ccc(C(=O)OC)cc2)O1. The molecule has 2 atom stereocenters. The van der Waals surface area contributed by atoms with Gasteiger partial charge in [-0.25, -0.2) is 4.79 Å². The molecule has 1 saturated heterocycles. The van der Waals surface area contributed by atoms with E-state index in [2.05, 4.69) is 22.0 Å². The number of hydrogen-bond acceptors (Lipinski definition) is 8. The lowest BCUT2D eigenvalue weighted by molar-refractivity contribution is -0.0289. The highest BCUT2D eigenvalue weighted by Crippen LogP contribution is 2.35. The molecule has 0 aliphatic carbocycles. The zero-order chi connectivity index (χ0) is 22.7. The van der Waals surface area contributed by atoms with Crippen molar-refractivity contribution in [3.8, 4) is 17.0 Å². The normalized spacial score (nSPS) is 18.4. The number of methoxy groups -OCH3 is 1. The number of phenols is 1. The molecule has 1 aliphatic heterocycles. The summed E-state index contributed by atoms with van der Waals surface area (Å²) >= 11 is 0. The van der Waals surface area contributed by atoms with Gasteiger partial charge in [0.25, 0.3) is 0 Å². The maximum Gasteiger partial charge on any atom is 0.337 e. The second kappa shape index (κ2) is 9.23. The molecular weight excluding hydrogens is 408 g/mol. The van der Waals surface area contributed by atoms with Gasteiger partial charge in [0.2, 0.25) is 0 Å². The number of nitrogens with zero attached hydrogens (tertiary/aromatic N) is 3. The number of phenolic OH excluding ortho intramolecular Hbond substituents is 1. The summed E-state index contributed by atoms with van der Waals surface area (Å²) in [7, 11) is 1.36. The molecule has 0 radical (unpaired) electrons. The monoisotopic (exact) mass is 434 g/mol. The van der Waals surface area contributed by atoms with Crippen LogP contribution < -0.4 is 10.6 Å². The van der Waals surface area contributed by atoms with Gasteiger partial charge in [0.15, 0.2) is 5.82 Å². The Hall–Kier alpha value is -3.65. The van der Waals surface area contributed by atoms with Gasteiger partial charge in [0.05, 0.1) is 30.2 Å². The molecule has 0 amide bonds. The second-order valence-electron chi connectivity index (χ2n) is 7.69. The number of rotatable bonds is 5.